The Balaban J connectivity index is 1.72. The first-order valence-electron chi connectivity index (χ1n) is 7.00. The molecule has 0 spiro atoms. The van der Waals surface area contributed by atoms with Gasteiger partial charge in [-0.15, -0.1) is 21.5 Å². The van der Waals surface area contributed by atoms with E-state index in [1.165, 1.54) is 11.3 Å². The van der Waals surface area contributed by atoms with Gasteiger partial charge in [0.05, 0.1) is 18.6 Å². The van der Waals surface area contributed by atoms with E-state index < -0.39 is 0 Å². The number of rotatable bonds is 5. The van der Waals surface area contributed by atoms with E-state index in [-0.39, 0.29) is 11.5 Å². The van der Waals surface area contributed by atoms with E-state index in [9.17, 15) is 4.79 Å². The highest BCUT2D eigenvalue weighted by atomic mass is 32.1. The highest BCUT2D eigenvalue weighted by Gasteiger charge is 2.13. The van der Waals surface area contributed by atoms with Gasteiger partial charge in [-0.3, -0.25) is 9.69 Å². The predicted octanol–water partition coefficient (Wildman–Crippen LogP) is 2.12. The molecule has 0 aliphatic heterocycles. The molecule has 0 aliphatic carbocycles. The van der Waals surface area contributed by atoms with Gasteiger partial charge in [0.2, 0.25) is 11.8 Å². The maximum atomic E-state index is 11.9. The zero-order chi connectivity index (χ0) is 15.7. The zero-order valence-electron chi connectivity index (χ0n) is 12.7. The van der Waals surface area contributed by atoms with Gasteiger partial charge in [0.15, 0.2) is 0 Å². The lowest BCUT2D eigenvalue weighted by Crippen LogP contribution is -2.21. The van der Waals surface area contributed by atoms with Crippen LogP contribution >= 0.6 is 11.3 Å². The number of nitrogens with one attached hydrogen (secondary N) is 1. The molecule has 0 radical (unpaired) electrons. The van der Waals surface area contributed by atoms with E-state index in [1.54, 1.807) is 0 Å². The Bertz CT molecular complexity index is 835. The molecule has 3 rings (SSSR count). The van der Waals surface area contributed by atoms with Gasteiger partial charge in [0.1, 0.15) is 10.5 Å². The summed E-state index contributed by atoms with van der Waals surface area (Å²) in [6, 6.07) is 1.85. The summed E-state index contributed by atoms with van der Waals surface area (Å²) in [6.45, 7) is 5.02. The van der Waals surface area contributed by atoms with Crippen LogP contribution < -0.4 is 5.56 Å². The van der Waals surface area contributed by atoms with Gasteiger partial charge in [-0.2, -0.15) is 0 Å². The smallest absolute Gasteiger partial charge is 0.268 e. The van der Waals surface area contributed by atoms with E-state index in [1.807, 2.05) is 37.2 Å². The summed E-state index contributed by atoms with van der Waals surface area (Å²) in [5.41, 5.74) is 0.639. The van der Waals surface area contributed by atoms with Crippen molar-refractivity contribution in [3.05, 3.63) is 39.4 Å². The molecule has 0 bridgehead atoms. The van der Waals surface area contributed by atoms with Gasteiger partial charge in [-0.1, -0.05) is 13.8 Å². The van der Waals surface area contributed by atoms with Crippen LogP contribution in [0.4, 0.5) is 0 Å². The molecular weight excluding hydrogens is 302 g/mol. The standard InChI is InChI=1S/C14H17N5O2S/c1-8(2)14-18-17-11(21-14)7-19(3)6-10-15-9-4-5-22-12(9)13(20)16-10/h4-5,8H,6-7H2,1-3H3,(H,15,16,20). The van der Waals surface area contributed by atoms with Crippen molar-refractivity contribution in [2.45, 2.75) is 32.9 Å². The van der Waals surface area contributed by atoms with Crippen molar-refractivity contribution in [3.8, 4) is 0 Å². The summed E-state index contributed by atoms with van der Waals surface area (Å²) < 4.78 is 6.24. The van der Waals surface area contributed by atoms with Gasteiger partial charge in [0, 0.05) is 5.92 Å². The molecule has 0 aromatic carbocycles. The Hall–Kier alpha value is -2.06. The Kier molecular flexibility index (Phi) is 4.04. The molecule has 0 atom stereocenters. The van der Waals surface area contributed by atoms with Crippen LogP contribution in [0.5, 0.6) is 0 Å². The fraction of sp³-hybridized carbons (Fsp3) is 0.429. The third-order valence-corrected chi connectivity index (χ3v) is 4.07. The Morgan fingerprint density at radius 1 is 1.36 bits per heavy atom. The van der Waals surface area contributed by atoms with Crippen LogP contribution in [0.2, 0.25) is 0 Å². The van der Waals surface area contributed by atoms with Crippen molar-refractivity contribution in [2.75, 3.05) is 7.05 Å². The monoisotopic (exact) mass is 319 g/mol. The SMILES string of the molecule is CC(C)c1nnc(CN(C)Cc2nc3ccsc3c(=O)[nH]2)o1. The van der Waals surface area contributed by atoms with Crippen LogP contribution in [0, 0.1) is 0 Å². The minimum absolute atomic E-state index is 0.0942. The first-order chi connectivity index (χ1) is 10.5. The molecule has 3 heterocycles. The van der Waals surface area contributed by atoms with Gasteiger partial charge in [0.25, 0.3) is 5.56 Å². The maximum absolute atomic E-state index is 11.9. The minimum Gasteiger partial charge on any atom is -0.424 e. The average molecular weight is 319 g/mol. The number of aromatic nitrogens is 4. The van der Waals surface area contributed by atoms with Crippen molar-refractivity contribution >= 4 is 21.6 Å². The number of hydrogen-bond acceptors (Lipinski definition) is 7. The van der Waals surface area contributed by atoms with Crippen LogP contribution in [0.1, 0.15) is 37.4 Å². The van der Waals surface area contributed by atoms with E-state index in [0.717, 1.165) is 5.52 Å². The third kappa shape index (κ3) is 3.07. The summed E-state index contributed by atoms with van der Waals surface area (Å²) in [5, 5.41) is 9.91. The third-order valence-electron chi connectivity index (χ3n) is 3.17. The summed E-state index contributed by atoms with van der Waals surface area (Å²) in [6.07, 6.45) is 0. The molecule has 0 saturated heterocycles. The fourth-order valence-corrected chi connectivity index (χ4v) is 2.83. The average Bonchev–Trinajstić information content (AvgIpc) is 3.07. The minimum atomic E-state index is -0.0942. The van der Waals surface area contributed by atoms with Crippen molar-refractivity contribution in [1.82, 2.24) is 25.1 Å². The number of thiophene rings is 1. The van der Waals surface area contributed by atoms with Crippen LogP contribution in [0.15, 0.2) is 20.7 Å². The Morgan fingerprint density at radius 2 is 2.18 bits per heavy atom. The second-order valence-electron chi connectivity index (χ2n) is 5.51. The molecule has 1 N–H and O–H groups in total. The lowest BCUT2D eigenvalue weighted by atomic mass is 10.2. The molecule has 0 fully saturated rings. The van der Waals surface area contributed by atoms with E-state index in [4.69, 9.17) is 4.42 Å². The maximum Gasteiger partial charge on any atom is 0.268 e. The van der Waals surface area contributed by atoms with Gasteiger partial charge >= 0.3 is 0 Å². The molecule has 0 aliphatic rings. The molecule has 0 amide bonds. The van der Waals surface area contributed by atoms with Crippen molar-refractivity contribution in [1.29, 1.82) is 0 Å². The first-order valence-corrected chi connectivity index (χ1v) is 7.88. The van der Waals surface area contributed by atoms with Gasteiger partial charge in [-0.25, -0.2) is 4.98 Å². The van der Waals surface area contributed by atoms with Gasteiger partial charge in [-0.05, 0) is 18.5 Å². The predicted molar refractivity (Wildman–Crippen MR) is 83.8 cm³/mol. The van der Waals surface area contributed by atoms with Crippen molar-refractivity contribution in [3.63, 3.8) is 0 Å². The lowest BCUT2D eigenvalue weighted by molar-refractivity contribution is 0.270. The topological polar surface area (TPSA) is 87.9 Å². The molecule has 8 heteroatoms. The summed E-state index contributed by atoms with van der Waals surface area (Å²) in [5.74, 6) is 2.03. The zero-order valence-corrected chi connectivity index (χ0v) is 13.5. The summed E-state index contributed by atoms with van der Waals surface area (Å²) >= 11 is 1.40. The molecule has 3 aromatic rings. The Morgan fingerprint density at radius 3 is 2.91 bits per heavy atom. The second kappa shape index (κ2) is 5.98. The van der Waals surface area contributed by atoms with Crippen LogP contribution in [0.25, 0.3) is 10.2 Å². The fourth-order valence-electron chi connectivity index (χ4n) is 2.10. The molecule has 7 nitrogen and oxygen atoms in total. The number of H-pyrrole nitrogens is 1. The Labute approximate surface area is 131 Å². The summed E-state index contributed by atoms with van der Waals surface area (Å²) in [4.78, 5) is 21.2. The quantitative estimate of drug-likeness (QED) is 0.775. The molecule has 3 aromatic heterocycles. The van der Waals surface area contributed by atoms with E-state index in [2.05, 4.69) is 20.2 Å². The van der Waals surface area contributed by atoms with Crippen LogP contribution in [-0.2, 0) is 13.1 Å². The molecule has 116 valence electrons. The largest absolute Gasteiger partial charge is 0.424 e. The highest BCUT2D eigenvalue weighted by molar-refractivity contribution is 7.17. The molecule has 0 saturated carbocycles. The van der Waals surface area contributed by atoms with Crippen LogP contribution in [0.3, 0.4) is 0 Å². The first kappa shape index (κ1) is 14.9. The summed E-state index contributed by atoms with van der Waals surface area (Å²) in [7, 11) is 1.91. The van der Waals surface area contributed by atoms with E-state index in [0.29, 0.717) is 35.4 Å². The highest BCUT2D eigenvalue weighted by Crippen LogP contribution is 2.15. The van der Waals surface area contributed by atoms with Crippen molar-refractivity contribution < 1.29 is 4.42 Å². The molecule has 22 heavy (non-hydrogen) atoms. The van der Waals surface area contributed by atoms with Crippen molar-refractivity contribution in [2.24, 2.45) is 0 Å². The molecule has 0 unspecified atom stereocenters. The van der Waals surface area contributed by atoms with Gasteiger partial charge < -0.3 is 9.40 Å². The van der Waals surface area contributed by atoms with E-state index >= 15 is 0 Å². The second-order valence-corrected chi connectivity index (χ2v) is 6.42. The van der Waals surface area contributed by atoms with Crippen LogP contribution in [-0.4, -0.2) is 32.1 Å². The number of fused-ring (bicyclic) bond motifs is 1. The lowest BCUT2D eigenvalue weighted by Gasteiger charge is -2.13. The normalized spacial score (nSPS) is 11.9. The molecular formula is C14H17N5O2S. The number of nitrogens with zero attached hydrogens (tertiary/aromatic N) is 4. The number of hydrogen-bond donors (Lipinski definition) is 1. The number of aromatic amines is 1.